The van der Waals surface area contributed by atoms with Gasteiger partial charge < -0.3 is 15.4 Å². The van der Waals surface area contributed by atoms with E-state index < -0.39 is 0 Å². The molecule has 1 heterocycles. The molecule has 0 amide bonds. The molecular formula is C14H11N3O2. The average Bonchev–Trinajstić information content (AvgIpc) is 2.92. The lowest BCUT2D eigenvalue weighted by atomic mass is 10.1. The first kappa shape index (κ1) is 11.3. The van der Waals surface area contributed by atoms with Crippen LogP contribution in [0, 0.1) is 0 Å². The Morgan fingerprint density at radius 2 is 1.79 bits per heavy atom. The highest BCUT2D eigenvalue weighted by Gasteiger charge is 2.14. The first-order valence-electron chi connectivity index (χ1n) is 5.72. The molecule has 5 heteroatoms. The molecule has 0 saturated carbocycles. The molecule has 3 rings (SSSR count). The van der Waals surface area contributed by atoms with E-state index in [1.807, 2.05) is 30.3 Å². The van der Waals surface area contributed by atoms with Crippen LogP contribution in [0.3, 0.4) is 0 Å². The lowest BCUT2D eigenvalue weighted by Crippen LogP contribution is -1.88. The van der Waals surface area contributed by atoms with Crippen molar-refractivity contribution in [1.82, 2.24) is 10.1 Å². The molecule has 0 bridgehead atoms. The molecule has 0 atom stereocenters. The molecular weight excluding hydrogens is 242 g/mol. The highest BCUT2D eigenvalue weighted by Crippen LogP contribution is 2.33. The van der Waals surface area contributed by atoms with Gasteiger partial charge in [-0.3, -0.25) is 0 Å². The van der Waals surface area contributed by atoms with E-state index in [2.05, 4.69) is 10.1 Å². The minimum Gasteiger partial charge on any atom is -0.505 e. The monoisotopic (exact) mass is 253 g/mol. The topological polar surface area (TPSA) is 85.2 Å². The van der Waals surface area contributed by atoms with Crippen molar-refractivity contribution in [2.45, 2.75) is 0 Å². The number of rotatable bonds is 2. The van der Waals surface area contributed by atoms with Gasteiger partial charge in [-0.1, -0.05) is 41.6 Å². The highest BCUT2D eigenvalue weighted by atomic mass is 16.5. The fourth-order valence-corrected chi connectivity index (χ4v) is 1.77. The third-order valence-corrected chi connectivity index (χ3v) is 2.76. The minimum absolute atomic E-state index is 0.0502. The molecule has 0 spiro atoms. The van der Waals surface area contributed by atoms with E-state index in [4.69, 9.17) is 10.3 Å². The van der Waals surface area contributed by atoms with Gasteiger partial charge >= 0.3 is 0 Å². The van der Waals surface area contributed by atoms with E-state index in [0.717, 1.165) is 5.56 Å². The summed E-state index contributed by atoms with van der Waals surface area (Å²) in [5, 5.41) is 13.8. The Bertz CT molecular complexity index is 708. The van der Waals surface area contributed by atoms with Crippen LogP contribution >= 0.6 is 0 Å². The van der Waals surface area contributed by atoms with Gasteiger partial charge in [0.1, 0.15) is 0 Å². The van der Waals surface area contributed by atoms with Crippen LogP contribution in [0.2, 0.25) is 0 Å². The second-order valence-corrected chi connectivity index (χ2v) is 4.03. The first-order chi connectivity index (χ1) is 9.25. The maximum absolute atomic E-state index is 9.88. The van der Waals surface area contributed by atoms with Crippen molar-refractivity contribution in [3.05, 3.63) is 48.5 Å². The summed E-state index contributed by atoms with van der Waals surface area (Å²) in [6.07, 6.45) is 0. The quantitative estimate of drug-likeness (QED) is 0.541. The number of para-hydroxylation sites is 1. The zero-order chi connectivity index (χ0) is 13.2. The van der Waals surface area contributed by atoms with Gasteiger partial charge in [-0.15, -0.1) is 0 Å². The van der Waals surface area contributed by atoms with Gasteiger partial charge in [0.05, 0.1) is 11.3 Å². The molecule has 19 heavy (non-hydrogen) atoms. The number of aromatic hydroxyl groups is 1. The lowest BCUT2D eigenvalue weighted by Gasteiger charge is -2.01. The summed E-state index contributed by atoms with van der Waals surface area (Å²) in [4.78, 5) is 4.26. The van der Waals surface area contributed by atoms with Crippen molar-refractivity contribution in [2.75, 3.05) is 5.73 Å². The summed E-state index contributed by atoms with van der Waals surface area (Å²) in [6, 6.07) is 14.5. The van der Waals surface area contributed by atoms with Gasteiger partial charge in [-0.25, -0.2) is 0 Å². The largest absolute Gasteiger partial charge is 0.505 e. The van der Waals surface area contributed by atoms with Crippen LogP contribution in [0.1, 0.15) is 0 Å². The molecule has 0 unspecified atom stereocenters. The van der Waals surface area contributed by atoms with Crippen molar-refractivity contribution in [3.8, 4) is 28.6 Å². The Kier molecular flexibility index (Phi) is 2.64. The number of nitrogens with two attached hydrogens (primary N) is 1. The number of phenolic OH excluding ortho intramolecular Hbond substituents is 1. The molecule has 3 aromatic rings. The van der Waals surface area contributed by atoms with Crippen molar-refractivity contribution >= 4 is 5.69 Å². The van der Waals surface area contributed by atoms with Crippen LogP contribution in [0.15, 0.2) is 53.1 Å². The Morgan fingerprint density at radius 1 is 1.00 bits per heavy atom. The third-order valence-electron chi connectivity index (χ3n) is 2.76. The number of hydrogen-bond acceptors (Lipinski definition) is 5. The Morgan fingerprint density at radius 3 is 2.58 bits per heavy atom. The van der Waals surface area contributed by atoms with Crippen LogP contribution in [-0.4, -0.2) is 15.2 Å². The first-order valence-corrected chi connectivity index (χ1v) is 5.72. The number of hydrogen-bond donors (Lipinski definition) is 2. The predicted octanol–water partition coefficient (Wildman–Crippen LogP) is 2.69. The maximum Gasteiger partial charge on any atom is 0.262 e. The number of nitrogen functional groups attached to an aromatic ring is 1. The second-order valence-electron chi connectivity index (χ2n) is 4.03. The molecule has 2 aromatic carbocycles. The molecule has 0 fully saturated rings. The molecule has 0 aliphatic carbocycles. The van der Waals surface area contributed by atoms with Crippen LogP contribution in [0.4, 0.5) is 5.69 Å². The smallest absolute Gasteiger partial charge is 0.262 e. The van der Waals surface area contributed by atoms with Crippen molar-refractivity contribution in [3.63, 3.8) is 0 Å². The summed E-state index contributed by atoms with van der Waals surface area (Å²) < 4.78 is 5.16. The zero-order valence-corrected chi connectivity index (χ0v) is 9.95. The number of anilines is 1. The van der Waals surface area contributed by atoms with Gasteiger partial charge in [0.2, 0.25) is 5.82 Å². The molecule has 1 aromatic heterocycles. The SMILES string of the molecule is Nc1cccc(-c2nc(-c3ccccc3)no2)c1O. The second kappa shape index (κ2) is 4.45. The van der Waals surface area contributed by atoms with E-state index >= 15 is 0 Å². The van der Waals surface area contributed by atoms with Crippen LogP contribution in [0.5, 0.6) is 5.75 Å². The Hall–Kier alpha value is -2.82. The van der Waals surface area contributed by atoms with E-state index in [1.54, 1.807) is 18.2 Å². The van der Waals surface area contributed by atoms with Crippen LogP contribution in [-0.2, 0) is 0 Å². The van der Waals surface area contributed by atoms with Gasteiger partial charge in [0.15, 0.2) is 5.75 Å². The maximum atomic E-state index is 9.88. The molecule has 0 saturated heterocycles. The number of phenols is 1. The van der Waals surface area contributed by atoms with Crippen molar-refractivity contribution in [2.24, 2.45) is 0 Å². The summed E-state index contributed by atoms with van der Waals surface area (Å²) in [5.74, 6) is 0.659. The molecule has 3 N–H and O–H groups in total. The average molecular weight is 253 g/mol. The molecule has 0 aliphatic heterocycles. The van der Waals surface area contributed by atoms with Gasteiger partial charge in [0.25, 0.3) is 5.89 Å². The van der Waals surface area contributed by atoms with E-state index in [9.17, 15) is 5.11 Å². The minimum atomic E-state index is -0.0502. The van der Waals surface area contributed by atoms with E-state index in [1.165, 1.54) is 0 Å². The molecule has 5 nitrogen and oxygen atoms in total. The summed E-state index contributed by atoms with van der Waals surface area (Å²) in [6.45, 7) is 0. The summed E-state index contributed by atoms with van der Waals surface area (Å²) in [5.41, 5.74) is 7.18. The van der Waals surface area contributed by atoms with Gasteiger partial charge in [-0.2, -0.15) is 4.98 Å². The Labute approximate surface area is 109 Å². The lowest BCUT2D eigenvalue weighted by molar-refractivity contribution is 0.426. The summed E-state index contributed by atoms with van der Waals surface area (Å²) >= 11 is 0. The van der Waals surface area contributed by atoms with E-state index in [0.29, 0.717) is 11.4 Å². The molecule has 0 radical (unpaired) electrons. The molecule has 94 valence electrons. The number of aromatic nitrogens is 2. The zero-order valence-electron chi connectivity index (χ0n) is 9.95. The number of benzene rings is 2. The van der Waals surface area contributed by atoms with Gasteiger partial charge in [-0.05, 0) is 12.1 Å². The number of nitrogens with zero attached hydrogens (tertiary/aromatic N) is 2. The fraction of sp³-hybridized carbons (Fsp3) is 0. The Balaban J connectivity index is 2.05. The molecule has 0 aliphatic rings. The summed E-state index contributed by atoms with van der Waals surface area (Å²) in [7, 11) is 0. The van der Waals surface area contributed by atoms with Crippen molar-refractivity contribution in [1.29, 1.82) is 0 Å². The van der Waals surface area contributed by atoms with Crippen LogP contribution in [0.25, 0.3) is 22.8 Å². The fourth-order valence-electron chi connectivity index (χ4n) is 1.77. The van der Waals surface area contributed by atoms with Gasteiger partial charge in [0, 0.05) is 5.56 Å². The third kappa shape index (κ3) is 2.01. The van der Waals surface area contributed by atoms with E-state index in [-0.39, 0.29) is 17.3 Å². The predicted molar refractivity (Wildman–Crippen MR) is 71.2 cm³/mol. The van der Waals surface area contributed by atoms with Crippen molar-refractivity contribution < 1.29 is 9.63 Å². The highest BCUT2D eigenvalue weighted by molar-refractivity contribution is 5.72. The normalized spacial score (nSPS) is 10.5. The van der Waals surface area contributed by atoms with Crippen LogP contribution < -0.4 is 5.73 Å². The standard InChI is InChI=1S/C14H11N3O2/c15-11-8-4-7-10(12(11)18)14-16-13(17-19-14)9-5-2-1-3-6-9/h1-8,18H,15H2.